The fraction of sp³-hybridized carbons (Fsp3) is 0.188. The summed E-state index contributed by atoms with van der Waals surface area (Å²) in [5.74, 6) is 0.299. The Kier molecular flexibility index (Phi) is 3.84. The second kappa shape index (κ2) is 5.72. The normalized spacial score (nSPS) is 20.4. The molecule has 3 rings (SSSR count). The highest BCUT2D eigenvalue weighted by Gasteiger charge is 2.49. The molecule has 1 unspecified atom stereocenters. The van der Waals surface area contributed by atoms with Crippen LogP contribution in [-0.4, -0.2) is 13.2 Å². The zero-order valence-electron chi connectivity index (χ0n) is 12.5. The van der Waals surface area contributed by atoms with Crippen molar-refractivity contribution in [3.63, 3.8) is 0 Å². The summed E-state index contributed by atoms with van der Waals surface area (Å²) in [7, 11) is 1.39. The fourth-order valence-electron chi connectivity index (χ4n) is 2.73. The number of para-hydroxylation sites is 1. The summed E-state index contributed by atoms with van der Waals surface area (Å²) in [6, 6.07) is 11.4. The minimum Gasteiger partial charge on any atom is -0.496 e. The van der Waals surface area contributed by atoms with E-state index in [1.165, 1.54) is 25.3 Å². The average molecular weight is 338 g/mol. The van der Waals surface area contributed by atoms with E-state index in [0.29, 0.717) is 5.75 Å². The maximum Gasteiger partial charge on any atom is 0.428 e. The molecule has 1 atom stereocenters. The smallest absolute Gasteiger partial charge is 0.428 e. The van der Waals surface area contributed by atoms with Crippen LogP contribution in [0.25, 0.3) is 0 Å². The van der Waals surface area contributed by atoms with E-state index in [1.54, 1.807) is 24.3 Å². The Bertz CT molecular complexity index is 779. The molecule has 0 spiro atoms. The van der Waals surface area contributed by atoms with Crippen LogP contribution in [0.15, 0.2) is 48.5 Å². The number of hydroxylamine groups is 1. The Balaban J connectivity index is 2.29. The van der Waals surface area contributed by atoms with Gasteiger partial charge in [-0.15, -0.1) is 5.48 Å². The molecule has 2 aromatic rings. The first-order chi connectivity index (χ1) is 11.4. The minimum absolute atomic E-state index is 0.201. The van der Waals surface area contributed by atoms with Gasteiger partial charge in [-0.1, -0.05) is 36.4 Å². The Morgan fingerprint density at radius 2 is 1.67 bits per heavy atom. The second-order valence-corrected chi connectivity index (χ2v) is 5.11. The molecule has 5 nitrogen and oxygen atoms in total. The van der Waals surface area contributed by atoms with Gasteiger partial charge in [-0.05, 0) is 12.1 Å². The lowest BCUT2D eigenvalue weighted by atomic mass is 9.87. The van der Waals surface area contributed by atoms with E-state index in [-0.39, 0.29) is 11.1 Å². The van der Waals surface area contributed by atoms with Gasteiger partial charge < -0.3 is 9.57 Å². The summed E-state index contributed by atoms with van der Waals surface area (Å²) in [5, 5.41) is 2.43. The van der Waals surface area contributed by atoms with E-state index in [2.05, 4.69) is 10.8 Å². The minimum atomic E-state index is -4.61. The molecule has 0 aliphatic carbocycles. The number of rotatable bonds is 3. The molecule has 1 aliphatic rings. The average Bonchev–Trinajstić information content (AvgIpc) is 2.97. The summed E-state index contributed by atoms with van der Waals surface area (Å²) < 4.78 is 45.6. The number of halogens is 3. The fourth-order valence-corrected chi connectivity index (χ4v) is 2.73. The summed E-state index contributed by atoms with van der Waals surface area (Å²) in [4.78, 5) is 16.4. The van der Waals surface area contributed by atoms with Crippen LogP contribution in [0.1, 0.15) is 16.7 Å². The van der Waals surface area contributed by atoms with Gasteiger partial charge >= 0.3 is 12.3 Å². The molecule has 0 aromatic heterocycles. The van der Waals surface area contributed by atoms with Gasteiger partial charge in [-0.2, -0.15) is 13.2 Å². The molecule has 0 bridgehead atoms. The Hall–Kier alpha value is -2.74. The third-order valence-electron chi connectivity index (χ3n) is 3.73. The Morgan fingerprint density at radius 1 is 1.04 bits per heavy atom. The van der Waals surface area contributed by atoms with E-state index < -0.39 is 23.5 Å². The van der Waals surface area contributed by atoms with Crippen LogP contribution in [0.2, 0.25) is 0 Å². The van der Waals surface area contributed by atoms with Crippen LogP contribution in [-0.2, 0) is 16.7 Å². The summed E-state index contributed by atoms with van der Waals surface area (Å²) >= 11 is 0. The van der Waals surface area contributed by atoms with Gasteiger partial charge in [0, 0.05) is 11.1 Å². The van der Waals surface area contributed by atoms with Crippen LogP contribution in [0.4, 0.5) is 18.0 Å². The predicted molar refractivity (Wildman–Crippen MR) is 78.0 cm³/mol. The molecule has 8 heteroatoms. The highest BCUT2D eigenvalue weighted by molar-refractivity contribution is 5.73. The summed E-state index contributed by atoms with van der Waals surface area (Å²) in [6.07, 6.45) is -5.50. The van der Waals surface area contributed by atoms with Gasteiger partial charge in [0.2, 0.25) is 0 Å². The van der Waals surface area contributed by atoms with Crippen molar-refractivity contribution >= 4 is 6.09 Å². The quantitative estimate of drug-likeness (QED) is 0.903. The van der Waals surface area contributed by atoms with E-state index >= 15 is 0 Å². The van der Waals surface area contributed by atoms with Gasteiger partial charge in [0.1, 0.15) is 5.75 Å². The number of hydrogen-bond donors (Lipinski definition) is 2. The number of carbonyl (C=O) groups is 1. The highest BCUT2D eigenvalue weighted by Crippen LogP contribution is 2.42. The molecule has 1 aliphatic heterocycles. The van der Waals surface area contributed by atoms with E-state index in [4.69, 9.17) is 9.57 Å². The van der Waals surface area contributed by atoms with Crippen molar-refractivity contribution in [2.75, 3.05) is 7.11 Å². The van der Waals surface area contributed by atoms with Crippen molar-refractivity contribution in [1.82, 2.24) is 10.8 Å². The Morgan fingerprint density at radius 3 is 2.25 bits per heavy atom. The molecule has 2 aromatic carbocycles. The lowest BCUT2D eigenvalue weighted by Crippen LogP contribution is -2.48. The van der Waals surface area contributed by atoms with E-state index in [0.717, 1.165) is 6.07 Å². The molecule has 2 N–H and O–H groups in total. The Labute approximate surface area is 135 Å². The largest absolute Gasteiger partial charge is 0.496 e. The van der Waals surface area contributed by atoms with Crippen LogP contribution in [0.3, 0.4) is 0 Å². The van der Waals surface area contributed by atoms with Crippen LogP contribution in [0.5, 0.6) is 5.75 Å². The first-order valence-corrected chi connectivity index (χ1v) is 6.95. The zero-order chi connectivity index (χ0) is 17.4. The molecule has 1 saturated heterocycles. The third kappa shape index (κ3) is 2.54. The maximum absolute atomic E-state index is 13.5. The van der Waals surface area contributed by atoms with Crippen molar-refractivity contribution in [3.05, 3.63) is 65.2 Å². The SMILES string of the molecule is COc1ccccc1C1(c2ccccc2C(F)(F)F)NOC(=O)N1. The van der Waals surface area contributed by atoms with Gasteiger partial charge in [-0.25, -0.2) is 4.79 Å². The van der Waals surface area contributed by atoms with Gasteiger partial charge in [0.25, 0.3) is 0 Å². The van der Waals surface area contributed by atoms with E-state index in [9.17, 15) is 18.0 Å². The van der Waals surface area contributed by atoms with Crippen LogP contribution in [0, 0.1) is 0 Å². The number of nitrogens with one attached hydrogen (secondary N) is 2. The van der Waals surface area contributed by atoms with Crippen molar-refractivity contribution in [2.24, 2.45) is 0 Å². The van der Waals surface area contributed by atoms with Crippen molar-refractivity contribution in [3.8, 4) is 5.75 Å². The van der Waals surface area contributed by atoms with Gasteiger partial charge in [-0.3, -0.25) is 5.32 Å². The molecule has 1 amide bonds. The zero-order valence-corrected chi connectivity index (χ0v) is 12.5. The number of hydrogen-bond acceptors (Lipinski definition) is 4. The topological polar surface area (TPSA) is 59.6 Å². The number of carbonyl (C=O) groups excluding carboxylic acids is 1. The van der Waals surface area contributed by atoms with Gasteiger partial charge in [0.05, 0.1) is 12.7 Å². The monoisotopic (exact) mass is 338 g/mol. The molecule has 1 heterocycles. The standard InChI is InChI=1S/C16H13F3N2O3/c1-23-13-9-5-4-8-12(13)15(20-14(22)24-21-15)10-6-2-3-7-11(10)16(17,18)19/h2-9,21H,1H3,(H,20,22). The molecule has 0 saturated carbocycles. The van der Waals surface area contributed by atoms with Crippen LogP contribution >= 0.6 is 0 Å². The molecule has 1 fully saturated rings. The molecule has 0 radical (unpaired) electrons. The number of benzene rings is 2. The number of amides is 1. The first-order valence-electron chi connectivity index (χ1n) is 6.95. The summed E-state index contributed by atoms with van der Waals surface area (Å²) in [6.45, 7) is 0. The summed E-state index contributed by atoms with van der Waals surface area (Å²) in [5.41, 5.74) is -0.136. The van der Waals surface area contributed by atoms with Crippen molar-refractivity contribution in [1.29, 1.82) is 0 Å². The number of methoxy groups -OCH3 is 1. The van der Waals surface area contributed by atoms with E-state index in [1.807, 2.05) is 0 Å². The van der Waals surface area contributed by atoms with Crippen molar-refractivity contribution < 1.29 is 27.5 Å². The van der Waals surface area contributed by atoms with Gasteiger partial charge in [0.15, 0.2) is 5.66 Å². The predicted octanol–water partition coefficient (Wildman–Crippen LogP) is 3.16. The molecular formula is C16H13F3N2O3. The number of ether oxygens (including phenoxy) is 1. The molecular weight excluding hydrogens is 325 g/mol. The second-order valence-electron chi connectivity index (χ2n) is 5.11. The maximum atomic E-state index is 13.5. The first kappa shape index (κ1) is 16.1. The third-order valence-corrected chi connectivity index (χ3v) is 3.73. The highest BCUT2D eigenvalue weighted by atomic mass is 19.4. The van der Waals surface area contributed by atoms with Crippen LogP contribution < -0.4 is 15.5 Å². The molecule has 24 heavy (non-hydrogen) atoms. The number of alkyl halides is 3. The molecule has 126 valence electrons. The van der Waals surface area contributed by atoms with Crippen molar-refractivity contribution in [2.45, 2.75) is 11.8 Å². The lowest BCUT2D eigenvalue weighted by molar-refractivity contribution is -0.139. The lowest BCUT2D eigenvalue weighted by Gasteiger charge is -2.31.